The molecule has 1 fully saturated rings. The summed E-state index contributed by atoms with van der Waals surface area (Å²) in [5, 5.41) is 0.465. The van der Waals surface area contributed by atoms with Gasteiger partial charge in [0.1, 0.15) is 0 Å². The molecule has 0 aliphatic carbocycles. The highest BCUT2D eigenvalue weighted by molar-refractivity contribution is 6.32. The third-order valence-electron chi connectivity index (χ3n) is 3.86. The van der Waals surface area contributed by atoms with Crippen molar-refractivity contribution in [3.63, 3.8) is 0 Å². The maximum atomic E-state index is 12.4. The predicted molar refractivity (Wildman–Crippen MR) is 99.4 cm³/mol. The standard InChI is InChI=1S/C19H26ClNO4/c1-5-9-24-18-15(20)11-14(12-16(18)23-4)6-7-17(22)21-8-10-25-19(2,3)13-21/h6-7,11-12H,5,8-10,13H2,1-4H3/b7-6+. The van der Waals surface area contributed by atoms with Crippen molar-refractivity contribution in [2.24, 2.45) is 0 Å². The Hall–Kier alpha value is -1.72. The molecule has 6 heteroatoms. The summed E-state index contributed by atoms with van der Waals surface area (Å²) in [6.07, 6.45) is 4.17. The topological polar surface area (TPSA) is 48.0 Å². The minimum Gasteiger partial charge on any atom is -0.493 e. The van der Waals surface area contributed by atoms with Crippen molar-refractivity contribution in [2.75, 3.05) is 33.4 Å². The largest absolute Gasteiger partial charge is 0.493 e. The van der Waals surface area contributed by atoms with E-state index in [1.54, 1.807) is 30.2 Å². The molecule has 1 aliphatic rings. The molecule has 1 aromatic rings. The van der Waals surface area contributed by atoms with Crippen molar-refractivity contribution < 1.29 is 19.0 Å². The van der Waals surface area contributed by atoms with Gasteiger partial charge >= 0.3 is 0 Å². The number of amides is 1. The maximum Gasteiger partial charge on any atom is 0.246 e. The van der Waals surface area contributed by atoms with Gasteiger partial charge in [-0.1, -0.05) is 18.5 Å². The van der Waals surface area contributed by atoms with Gasteiger partial charge in [-0.25, -0.2) is 0 Å². The van der Waals surface area contributed by atoms with E-state index in [0.717, 1.165) is 12.0 Å². The molecule has 1 aromatic carbocycles. The van der Waals surface area contributed by atoms with E-state index in [1.165, 1.54) is 0 Å². The summed E-state index contributed by atoms with van der Waals surface area (Å²) < 4.78 is 16.6. The van der Waals surface area contributed by atoms with Crippen molar-refractivity contribution in [2.45, 2.75) is 32.8 Å². The molecule has 0 atom stereocenters. The fourth-order valence-corrected chi connectivity index (χ4v) is 2.93. The number of hydrogen-bond acceptors (Lipinski definition) is 4. The molecule has 5 nitrogen and oxygen atoms in total. The zero-order valence-corrected chi connectivity index (χ0v) is 16.1. The number of morpholine rings is 1. The molecule has 1 amide bonds. The number of carbonyl (C=O) groups is 1. The first-order chi connectivity index (χ1) is 11.9. The third kappa shape index (κ3) is 5.38. The molecule has 0 N–H and O–H groups in total. The second-order valence-corrected chi connectivity index (χ2v) is 6.99. The van der Waals surface area contributed by atoms with Crippen LogP contribution >= 0.6 is 11.6 Å². The van der Waals surface area contributed by atoms with Crippen LogP contribution in [0.4, 0.5) is 0 Å². The Morgan fingerprint density at radius 3 is 2.84 bits per heavy atom. The van der Waals surface area contributed by atoms with Gasteiger partial charge in [0.05, 0.1) is 30.9 Å². The van der Waals surface area contributed by atoms with Gasteiger partial charge in [0, 0.05) is 19.2 Å². The summed E-state index contributed by atoms with van der Waals surface area (Å²) in [5.74, 6) is 1.04. The van der Waals surface area contributed by atoms with Crippen LogP contribution in [0.5, 0.6) is 11.5 Å². The highest BCUT2D eigenvalue weighted by Crippen LogP contribution is 2.36. The molecule has 1 saturated heterocycles. The van der Waals surface area contributed by atoms with Gasteiger partial charge < -0.3 is 19.1 Å². The molecule has 0 radical (unpaired) electrons. The second kappa shape index (κ2) is 8.59. The van der Waals surface area contributed by atoms with Gasteiger partial charge in [0.15, 0.2) is 11.5 Å². The summed E-state index contributed by atoms with van der Waals surface area (Å²) in [6, 6.07) is 3.58. The Morgan fingerprint density at radius 1 is 1.44 bits per heavy atom. The maximum absolute atomic E-state index is 12.4. The Bertz CT molecular complexity index is 643. The first-order valence-electron chi connectivity index (χ1n) is 8.47. The summed E-state index contributed by atoms with van der Waals surface area (Å²) in [7, 11) is 1.57. The Kier molecular flexibility index (Phi) is 6.73. The first kappa shape index (κ1) is 19.6. The molecule has 0 unspecified atom stereocenters. The van der Waals surface area contributed by atoms with E-state index in [0.29, 0.717) is 42.8 Å². The van der Waals surface area contributed by atoms with Crippen LogP contribution in [0.25, 0.3) is 6.08 Å². The number of ether oxygens (including phenoxy) is 3. The lowest BCUT2D eigenvalue weighted by atomic mass is 10.1. The molecule has 0 bridgehead atoms. The molecule has 25 heavy (non-hydrogen) atoms. The third-order valence-corrected chi connectivity index (χ3v) is 4.14. The van der Waals surface area contributed by atoms with E-state index in [4.69, 9.17) is 25.8 Å². The molecule has 1 heterocycles. The summed E-state index contributed by atoms with van der Waals surface area (Å²) in [4.78, 5) is 14.2. The molecular formula is C19H26ClNO4. The van der Waals surface area contributed by atoms with E-state index < -0.39 is 0 Å². The lowest BCUT2D eigenvalue weighted by Gasteiger charge is -2.37. The van der Waals surface area contributed by atoms with Crippen molar-refractivity contribution in [3.05, 3.63) is 28.8 Å². The summed E-state index contributed by atoms with van der Waals surface area (Å²) >= 11 is 6.30. The number of halogens is 1. The fraction of sp³-hybridized carbons (Fsp3) is 0.526. The van der Waals surface area contributed by atoms with Crippen LogP contribution in [0.15, 0.2) is 18.2 Å². The van der Waals surface area contributed by atoms with Crippen LogP contribution in [-0.4, -0.2) is 49.8 Å². The zero-order valence-electron chi connectivity index (χ0n) is 15.3. The van der Waals surface area contributed by atoms with E-state index in [9.17, 15) is 4.79 Å². The van der Waals surface area contributed by atoms with Gasteiger partial charge in [-0.3, -0.25) is 4.79 Å². The van der Waals surface area contributed by atoms with Crippen LogP contribution in [0.1, 0.15) is 32.8 Å². The van der Waals surface area contributed by atoms with E-state index in [1.807, 2.05) is 26.8 Å². The molecule has 1 aliphatic heterocycles. The van der Waals surface area contributed by atoms with Crippen LogP contribution < -0.4 is 9.47 Å². The minimum atomic E-state index is -0.313. The number of benzene rings is 1. The molecular weight excluding hydrogens is 342 g/mol. The van der Waals surface area contributed by atoms with Crippen molar-refractivity contribution >= 4 is 23.6 Å². The highest BCUT2D eigenvalue weighted by atomic mass is 35.5. The van der Waals surface area contributed by atoms with E-state index in [-0.39, 0.29) is 11.5 Å². The molecule has 138 valence electrons. The van der Waals surface area contributed by atoms with Crippen LogP contribution in [0, 0.1) is 0 Å². The number of methoxy groups -OCH3 is 1. The SMILES string of the molecule is CCCOc1c(Cl)cc(/C=C/C(=O)N2CCOC(C)(C)C2)cc1OC. The van der Waals surface area contributed by atoms with E-state index >= 15 is 0 Å². The first-order valence-corrected chi connectivity index (χ1v) is 8.85. The van der Waals surface area contributed by atoms with Gasteiger partial charge in [0.2, 0.25) is 5.91 Å². The quantitative estimate of drug-likeness (QED) is 0.718. The van der Waals surface area contributed by atoms with Gasteiger partial charge in [-0.05, 0) is 44.0 Å². The van der Waals surface area contributed by atoms with Crippen LogP contribution in [0.3, 0.4) is 0 Å². The number of carbonyl (C=O) groups excluding carboxylic acids is 1. The average Bonchev–Trinajstić information content (AvgIpc) is 2.57. The van der Waals surface area contributed by atoms with Gasteiger partial charge in [-0.2, -0.15) is 0 Å². The van der Waals surface area contributed by atoms with Crippen LogP contribution in [0.2, 0.25) is 5.02 Å². The normalized spacial score (nSPS) is 16.9. The predicted octanol–water partition coefficient (Wildman–Crippen LogP) is 3.79. The number of rotatable bonds is 6. The van der Waals surface area contributed by atoms with E-state index in [2.05, 4.69) is 0 Å². The Labute approximate surface area is 154 Å². The zero-order chi connectivity index (χ0) is 18.4. The molecule has 0 aromatic heterocycles. The molecule has 0 saturated carbocycles. The summed E-state index contributed by atoms with van der Waals surface area (Å²) in [5.41, 5.74) is 0.471. The smallest absolute Gasteiger partial charge is 0.246 e. The Balaban J connectivity index is 2.12. The van der Waals surface area contributed by atoms with Crippen molar-refractivity contribution in [1.29, 1.82) is 0 Å². The average molecular weight is 368 g/mol. The van der Waals surface area contributed by atoms with Crippen LogP contribution in [-0.2, 0) is 9.53 Å². The van der Waals surface area contributed by atoms with Gasteiger partial charge in [0.25, 0.3) is 0 Å². The van der Waals surface area contributed by atoms with Gasteiger partial charge in [-0.15, -0.1) is 0 Å². The second-order valence-electron chi connectivity index (χ2n) is 6.58. The fourth-order valence-electron chi connectivity index (χ4n) is 2.66. The molecule has 2 rings (SSSR count). The van der Waals surface area contributed by atoms with Crippen molar-refractivity contribution in [1.82, 2.24) is 4.90 Å². The summed E-state index contributed by atoms with van der Waals surface area (Å²) in [6.45, 7) is 8.28. The van der Waals surface area contributed by atoms with Crippen molar-refractivity contribution in [3.8, 4) is 11.5 Å². The minimum absolute atomic E-state index is 0.0437. The number of hydrogen-bond donors (Lipinski definition) is 0. The lowest BCUT2D eigenvalue weighted by molar-refractivity contribution is -0.140. The monoisotopic (exact) mass is 367 g/mol. The number of nitrogens with zero attached hydrogens (tertiary/aromatic N) is 1. The Morgan fingerprint density at radius 2 is 2.20 bits per heavy atom. The lowest BCUT2D eigenvalue weighted by Crippen LogP contribution is -2.50. The highest BCUT2D eigenvalue weighted by Gasteiger charge is 2.28. The molecule has 0 spiro atoms.